The highest BCUT2D eigenvalue weighted by atomic mass is 32.2. The summed E-state index contributed by atoms with van der Waals surface area (Å²) >= 11 is 0. The second kappa shape index (κ2) is 6.72. The third-order valence-corrected chi connectivity index (χ3v) is 6.06. The fourth-order valence-corrected chi connectivity index (χ4v) is 4.99. The predicted octanol–water partition coefficient (Wildman–Crippen LogP) is 2.59. The van der Waals surface area contributed by atoms with E-state index in [2.05, 4.69) is 31.3 Å². The molecule has 1 aromatic carbocycles. The number of hydrogen-bond donors (Lipinski definition) is 1. The molecule has 3 nitrogen and oxygen atoms in total. The van der Waals surface area contributed by atoms with Crippen molar-refractivity contribution >= 4 is 9.84 Å². The van der Waals surface area contributed by atoms with Gasteiger partial charge in [-0.15, -0.1) is 0 Å². The van der Waals surface area contributed by atoms with Crippen molar-refractivity contribution in [2.45, 2.75) is 38.6 Å². The van der Waals surface area contributed by atoms with E-state index in [0.29, 0.717) is 17.4 Å². The lowest BCUT2D eigenvalue weighted by molar-refractivity contribution is 0.339. The topological polar surface area (TPSA) is 46.2 Å². The van der Waals surface area contributed by atoms with Gasteiger partial charge >= 0.3 is 0 Å². The molecule has 1 aromatic rings. The molecule has 2 rings (SSSR count). The van der Waals surface area contributed by atoms with Crippen LogP contribution < -0.4 is 5.32 Å². The van der Waals surface area contributed by atoms with Crippen molar-refractivity contribution in [2.24, 2.45) is 5.92 Å². The fourth-order valence-electron chi connectivity index (χ4n) is 3.13. The van der Waals surface area contributed by atoms with E-state index in [1.165, 1.54) is 5.56 Å². The second-order valence-electron chi connectivity index (χ2n) is 5.84. The molecule has 1 fully saturated rings. The molecule has 4 heteroatoms. The maximum absolute atomic E-state index is 11.8. The molecule has 0 radical (unpaired) electrons. The smallest absolute Gasteiger partial charge is 0.150 e. The van der Waals surface area contributed by atoms with Gasteiger partial charge in [0.1, 0.15) is 0 Å². The molecular formula is C16H25NO2S. The molecule has 0 bridgehead atoms. The maximum atomic E-state index is 11.8. The number of rotatable bonds is 6. The highest BCUT2D eigenvalue weighted by molar-refractivity contribution is 7.91. The first kappa shape index (κ1) is 15.5. The molecule has 112 valence electrons. The average Bonchev–Trinajstić information content (AvgIpc) is 2.80. The van der Waals surface area contributed by atoms with Crippen molar-refractivity contribution in [3.8, 4) is 0 Å². The van der Waals surface area contributed by atoms with Gasteiger partial charge < -0.3 is 5.32 Å². The number of benzene rings is 1. The average molecular weight is 295 g/mol. The second-order valence-corrected chi connectivity index (χ2v) is 8.07. The molecule has 1 heterocycles. The molecule has 1 saturated heterocycles. The number of nitrogens with one attached hydrogen (secondary N) is 1. The van der Waals surface area contributed by atoms with Crippen molar-refractivity contribution in [3.63, 3.8) is 0 Å². The van der Waals surface area contributed by atoms with Gasteiger partial charge in [0.05, 0.1) is 11.5 Å². The Hall–Kier alpha value is -0.870. The van der Waals surface area contributed by atoms with Crippen LogP contribution in [-0.2, 0) is 9.84 Å². The van der Waals surface area contributed by atoms with Crippen LogP contribution in [0.4, 0.5) is 0 Å². The quantitative estimate of drug-likeness (QED) is 0.877. The Morgan fingerprint density at radius 3 is 2.55 bits per heavy atom. The van der Waals surface area contributed by atoms with Crippen molar-refractivity contribution in [3.05, 3.63) is 35.9 Å². The van der Waals surface area contributed by atoms with Crippen molar-refractivity contribution in [1.29, 1.82) is 0 Å². The lowest BCUT2D eigenvalue weighted by atomic mass is 9.84. The first-order chi connectivity index (χ1) is 9.53. The zero-order valence-corrected chi connectivity index (χ0v) is 13.2. The number of sulfone groups is 1. The molecule has 1 aliphatic heterocycles. The highest BCUT2D eigenvalue weighted by Crippen LogP contribution is 2.30. The first-order valence-corrected chi connectivity index (χ1v) is 9.34. The molecule has 1 aliphatic rings. The Morgan fingerprint density at radius 1 is 1.30 bits per heavy atom. The van der Waals surface area contributed by atoms with Crippen molar-refractivity contribution in [1.82, 2.24) is 5.32 Å². The standard InChI is InChI=1S/C16H25NO2S/c1-3-10-17-16(15-9-11-20(18,19)12-15)13(2)14-7-5-4-6-8-14/h4-8,13,15-17H,3,9-12H2,1-2H3. The molecule has 0 amide bonds. The van der Waals surface area contributed by atoms with Gasteiger partial charge in [-0.05, 0) is 36.8 Å². The Morgan fingerprint density at radius 2 is 2.00 bits per heavy atom. The molecule has 0 aromatic heterocycles. The van der Waals surface area contributed by atoms with E-state index in [1.807, 2.05) is 18.2 Å². The van der Waals surface area contributed by atoms with Crippen LogP contribution in [0.3, 0.4) is 0 Å². The summed E-state index contributed by atoms with van der Waals surface area (Å²) in [5.74, 6) is 1.26. The molecule has 3 atom stereocenters. The van der Waals surface area contributed by atoms with Crippen molar-refractivity contribution < 1.29 is 8.42 Å². The highest BCUT2D eigenvalue weighted by Gasteiger charge is 2.36. The normalized spacial score (nSPS) is 24.4. The molecule has 20 heavy (non-hydrogen) atoms. The molecule has 0 saturated carbocycles. The summed E-state index contributed by atoms with van der Waals surface area (Å²) in [5, 5.41) is 3.58. The minimum Gasteiger partial charge on any atom is -0.313 e. The lowest BCUT2D eigenvalue weighted by Crippen LogP contribution is -2.41. The van der Waals surface area contributed by atoms with E-state index >= 15 is 0 Å². The third-order valence-electron chi connectivity index (χ3n) is 4.27. The summed E-state index contributed by atoms with van der Waals surface area (Å²) in [6.07, 6.45) is 1.86. The van der Waals surface area contributed by atoms with E-state index < -0.39 is 9.84 Å². The van der Waals surface area contributed by atoms with Gasteiger partial charge in [0.25, 0.3) is 0 Å². The summed E-state index contributed by atoms with van der Waals surface area (Å²) in [4.78, 5) is 0. The van der Waals surface area contributed by atoms with Gasteiger partial charge in [-0.3, -0.25) is 0 Å². The van der Waals surface area contributed by atoms with Crippen LogP contribution in [-0.4, -0.2) is 32.5 Å². The van der Waals surface area contributed by atoms with Gasteiger partial charge in [-0.1, -0.05) is 44.2 Å². The minimum absolute atomic E-state index is 0.238. The van der Waals surface area contributed by atoms with E-state index in [1.54, 1.807) is 0 Å². The van der Waals surface area contributed by atoms with Crippen LogP contribution >= 0.6 is 0 Å². The fraction of sp³-hybridized carbons (Fsp3) is 0.625. The van der Waals surface area contributed by atoms with Gasteiger partial charge in [0.15, 0.2) is 9.84 Å². The Labute approximate surface area is 122 Å². The van der Waals surface area contributed by atoms with Gasteiger partial charge in [-0.25, -0.2) is 8.42 Å². The zero-order valence-electron chi connectivity index (χ0n) is 12.4. The lowest BCUT2D eigenvalue weighted by Gasteiger charge is -2.30. The Balaban J connectivity index is 2.15. The monoisotopic (exact) mass is 295 g/mol. The molecule has 0 spiro atoms. The van der Waals surface area contributed by atoms with Gasteiger partial charge in [0.2, 0.25) is 0 Å². The summed E-state index contributed by atoms with van der Waals surface area (Å²) in [6.45, 7) is 5.29. The van der Waals surface area contributed by atoms with Crippen LogP contribution in [0.5, 0.6) is 0 Å². The van der Waals surface area contributed by atoms with E-state index in [0.717, 1.165) is 19.4 Å². The van der Waals surface area contributed by atoms with Crippen LogP contribution in [0.15, 0.2) is 30.3 Å². The van der Waals surface area contributed by atoms with Crippen LogP contribution in [0.25, 0.3) is 0 Å². The molecule has 1 N–H and O–H groups in total. The summed E-state index contributed by atoms with van der Waals surface area (Å²) in [6, 6.07) is 10.6. The zero-order chi connectivity index (χ0) is 14.6. The SMILES string of the molecule is CCCNC(C1CCS(=O)(=O)C1)C(C)c1ccccc1. The maximum Gasteiger partial charge on any atom is 0.150 e. The van der Waals surface area contributed by atoms with Gasteiger partial charge in [-0.2, -0.15) is 0 Å². The van der Waals surface area contributed by atoms with Crippen LogP contribution in [0.1, 0.15) is 38.2 Å². The van der Waals surface area contributed by atoms with Crippen LogP contribution in [0.2, 0.25) is 0 Å². The van der Waals surface area contributed by atoms with E-state index in [4.69, 9.17) is 0 Å². The van der Waals surface area contributed by atoms with Gasteiger partial charge in [0, 0.05) is 6.04 Å². The van der Waals surface area contributed by atoms with Crippen molar-refractivity contribution in [2.75, 3.05) is 18.1 Å². The third kappa shape index (κ3) is 3.83. The van der Waals surface area contributed by atoms with Crippen LogP contribution in [0, 0.1) is 5.92 Å². The molecule has 0 aliphatic carbocycles. The van der Waals surface area contributed by atoms with E-state index in [-0.39, 0.29) is 12.0 Å². The Kier molecular flexibility index (Phi) is 5.22. The summed E-state index contributed by atoms with van der Waals surface area (Å²) in [5.41, 5.74) is 1.28. The van der Waals surface area contributed by atoms with E-state index in [9.17, 15) is 8.42 Å². The number of hydrogen-bond acceptors (Lipinski definition) is 3. The molecular weight excluding hydrogens is 270 g/mol. The first-order valence-electron chi connectivity index (χ1n) is 7.52. The molecule has 3 unspecified atom stereocenters. The predicted molar refractivity (Wildman–Crippen MR) is 83.7 cm³/mol. The summed E-state index contributed by atoms with van der Waals surface area (Å²) in [7, 11) is -2.82. The Bertz CT molecular complexity index is 513. The summed E-state index contributed by atoms with van der Waals surface area (Å²) < 4.78 is 23.5. The largest absolute Gasteiger partial charge is 0.313 e. The minimum atomic E-state index is -2.82.